The Morgan fingerprint density at radius 2 is 1.77 bits per heavy atom. The fourth-order valence-electron chi connectivity index (χ4n) is 6.68. The number of urea groups is 1. The van der Waals surface area contributed by atoms with Crippen molar-refractivity contribution in [3.05, 3.63) is 100.0 Å². The third-order valence-electron chi connectivity index (χ3n) is 9.22. The number of carbonyl (C=O) groups is 2. The van der Waals surface area contributed by atoms with Gasteiger partial charge in [-0.3, -0.25) is 9.36 Å². The Kier molecular flexibility index (Phi) is 10.6. The molecular formula is C36H43N5O7. The minimum absolute atomic E-state index is 0.00477. The number of benzene rings is 3. The first-order chi connectivity index (χ1) is 23.3. The SMILES string of the molecule is CCOC(=O)CNC(=O)Nc1cccc(C2OC(CN3CCC(n4c(=O)[nH]c5ccccc54)CC3)C(C)C(c3ccc(CO)cc3)O2)c1. The van der Waals surface area contributed by atoms with Crippen molar-refractivity contribution in [1.82, 2.24) is 19.8 Å². The molecule has 2 saturated heterocycles. The number of hydrogen-bond acceptors (Lipinski definition) is 8. The number of carbonyl (C=O) groups excluding carboxylic acids is 2. The van der Waals surface area contributed by atoms with Gasteiger partial charge in [-0.05, 0) is 55.2 Å². The van der Waals surface area contributed by atoms with Gasteiger partial charge in [-0.15, -0.1) is 0 Å². The van der Waals surface area contributed by atoms with E-state index in [4.69, 9.17) is 14.2 Å². The molecule has 12 nitrogen and oxygen atoms in total. The molecule has 4 atom stereocenters. The summed E-state index contributed by atoms with van der Waals surface area (Å²) >= 11 is 0. The summed E-state index contributed by atoms with van der Waals surface area (Å²) in [5, 5.41) is 14.9. The standard InChI is InChI=1S/C36H43N5O7/c1-3-46-32(43)20-37-35(44)38-27-8-6-7-26(19-27)34-47-31(23(2)33(48-34)25-13-11-24(22-42)12-14-25)21-40-17-15-28(16-18-40)41-30-10-5-4-9-29(30)39-36(41)45/h4-14,19,23,28,31,33-34,42H,3,15-18,20-22H2,1-2H3,(H,39,45)(H2,37,38,44). The number of amides is 2. The van der Waals surface area contributed by atoms with Gasteiger partial charge in [-0.1, -0.05) is 55.5 Å². The third kappa shape index (κ3) is 7.63. The Morgan fingerprint density at radius 3 is 2.52 bits per heavy atom. The van der Waals surface area contributed by atoms with Crippen molar-refractivity contribution in [1.29, 1.82) is 0 Å². The maximum absolute atomic E-state index is 12.8. The van der Waals surface area contributed by atoms with Crippen LogP contribution in [0.3, 0.4) is 0 Å². The highest BCUT2D eigenvalue weighted by Gasteiger charge is 2.39. The molecule has 2 fully saturated rings. The number of aliphatic hydroxyl groups is 1. The van der Waals surface area contributed by atoms with Gasteiger partial charge >= 0.3 is 17.7 Å². The lowest BCUT2D eigenvalue weighted by atomic mass is 9.89. The van der Waals surface area contributed by atoms with E-state index in [9.17, 15) is 19.5 Å². The number of anilines is 1. The van der Waals surface area contributed by atoms with Crippen molar-refractivity contribution in [2.24, 2.45) is 5.92 Å². The van der Waals surface area contributed by atoms with E-state index < -0.39 is 18.3 Å². The van der Waals surface area contributed by atoms with Crippen LogP contribution in [-0.2, 0) is 25.6 Å². The number of nitrogens with zero attached hydrogens (tertiary/aromatic N) is 2. The number of hydrogen-bond donors (Lipinski definition) is 4. The highest BCUT2D eigenvalue weighted by Crippen LogP contribution is 2.42. The summed E-state index contributed by atoms with van der Waals surface area (Å²) in [5.41, 5.74) is 4.80. The van der Waals surface area contributed by atoms with Crippen LogP contribution in [0.2, 0.25) is 0 Å². The molecule has 48 heavy (non-hydrogen) atoms. The quantitative estimate of drug-likeness (QED) is 0.181. The number of ether oxygens (including phenoxy) is 3. The number of imidazole rings is 1. The highest BCUT2D eigenvalue weighted by molar-refractivity contribution is 5.91. The zero-order valence-corrected chi connectivity index (χ0v) is 27.3. The number of aromatic amines is 1. The number of esters is 1. The molecule has 254 valence electrons. The van der Waals surface area contributed by atoms with Gasteiger partial charge in [0.1, 0.15) is 6.54 Å². The summed E-state index contributed by atoms with van der Waals surface area (Å²) in [4.78, 5) is 42.3. The molecule has 3 heterocycles. The van der Waals surface area contributed by atoms with Crippen molar-refractivity contribution in [3.63, 3.8) is 0 Å². The lowest BCUT2D eigenvalue weighted by molar-refractivity contribution is -0.276. The van der Waals surface area contributed by atoms with Crippen LogP contribution < -0.4 is 16.3 Å². The fraction of sp³-hybridized carbons (Fsp3) is 0.417. The Bertz CT molecular complexity index is 1760. The summed E-state index contributed by atoms with van der Waals surface area (Å²) in [6, 6.07) is 22.5. The predicted molar refractivity (Wildman–Crippen MR) is 180 cm³/mol. The van der Waals surface area contributed by atoms with Crippen molar-refractivity contribution in [3.8, 4) is 0 Å². The van der Waals surface area contributed by atoms with E-state index in [2.05, 4.69) is 27.4 Å². The first-order valence-electron chi connectivity index (χ1n) is 16.6. The Labute approximate surface area is 279 Å². The second-order valence-electron chi connectivity index (χ2n) is 12.4. The van der Waals surface area contributed by atoms with Gasteiger partial charge in [-0.25, -0.2) is 9.59 Å². The molecule has 0 saturated carbocycles. The molecule has 12 heteroatoms. The molecule has 0 aliphatic carbocycles. The molecule has 3 aromatic carbocycles. The van der Waals surface area contributed by atoms with Crippen LogP contribution in [0.15, 0.2) is 77.6 Å². The number of para-hydroxylation sites is 2. The van der Waals surface area contributed by atoms with Crippen LogP contribution in [0.4, 0.5) is 10.5 Å². The van der Waals surface area contributed by atoms with Crippen LogP contribution in [0.1, 0.15) is 61.8 Å². The first kappa shape index (κ1) is 33.4. The molecule has 0 spiro atoms. The van der Waals surface area contributed by atoms with E-state index in [1.807, 2.05) is 65.2 Å². The molecule has 4 unspecified atom stereocenters. The van der Waals surface area contributed by atoms with E-state index in [0.717, 1.165) is 53.7 Å². The topological polar surface area (TPSA) is 147 Å². The molecule has 1 aromatic heterocycles. The molecule has 0 radical (unpaired) electrons. The lowest BCUT2D eigenvalue weighted by Crippen LogP contribution is -2.47. The number of likely N-dealkylation sites (tertiary alicyclic amines) is 1. The number of fused-ring (bicyclic) bond motifs is 1. The van der Waals surface area contributed by atoms with Crippen molar-refractivity contribution in [2.75, 3.05) is 38.1 Å². The van der Waals surface area contributed by atoms with Gasteiger partial charge in [0, 0.05) is 42.8 Å². The number of nitrogens with one attached hydrogen (secondary N) is 3. The van der Waals surface area contributed by atoms with Gasteiger partial charge in [0.25, 0.3) is 0 Å². The van der Waals surface area contributed by atoms with Crippen molar-refractivity contribution >= 4 is 28.7 Å². The summed E-state index contributed by atoms with van der Waals surface area (Å²) in [5.74, 6) is -0.509. The number of aliphatic hydroxyl groups excluding tert-OH is 1. The van der Waals surface area contributed by atoms with E-state index in [-0.39, 0.29) is 49.6 Å². The van der Waals surface area contributed by atoms with Gasteiger partial charge in [-0.2, -0.15) is 0 Å². The second kappa shape index (κ2) is 15.2. The normalized spacial score (nSPS) is 22.0. The lowest BCUT2D eigenvalue weighted by Gasteiger charge is -2.44. The predicted octanol–water partition coefficient (Wildman–Crippen LogP) is 4.64. The zero-order chi connectivity index (χ0) is 33.6. The van der Waals surface area contributed by atoms with Crippen LogP contribution in [0, 0.1) is 5.92 Å². The van der Waals surface area contributed by atoms with Crippen LogP contribution >= 0.6 is 0 Å². The van der Waals surface area contributed by atoms with Crippen LogP contribution in [0.25, 0.3) is 11.0 Å². The number of piperidine rings is 1. The third-order valence-corrected chi connectivity index (χ3v) is 9.22. The van der Waals surface area contributed by atoms with Gasteiger partial charge in [0.15, 0.2) is 6.29 Å². The van der Waals surface area contributed by atoms with E-state index in [1.165, 1.54) is 0 Å². The van der Waals surface area contributed by atoms with Crippen molar-refractivity contribution < 1.29 is 28.9 Å². The molecule has 2 aliphatic rings. The Hall–Kier alpha value is -4.49. The highest BCUT2D eigenvalue weighted by atomic mass is 16.7. The summed E-state index contributed by atoms with van der Waals surface area (Å²) in [6.07, 6.45) is 0.526. The van der Waals surface area contributed by atoms with E-state index in [0.29, 0.717) is 12.2 Å². The molecule has 2 aliphatic heterocycles. The van der Waals surface area contributed by atoms with E-state index >= 15 is 0 Å². The second-order valence-corrected chi connectivity index (χ2v) is 12.4. The molecule has 6 rings (SSSR count). The zero-order valence-electron chi connectivity index (χ0n) is 27.3. The summed E-state index contributed by atoms with van der Waals surface area (Å²) in [7, 11) is 0. The fourth-order valence-corrected chi connectivity index (χ4v) is 6.68. The van der Waals surface area contributed by atoms with Gasteiger partial charge in [0.05, 0.1) is 36.5 Å². The van der Waals surface area contributed by atoms with E-state index in [1.54, 1.807) is 19.1 Å². The Morgan fingerprint density at radius 1 is 1.00 bits per heavy atom. The smallest absolute Gasteiger partial charge is 0.326 e. The largest absolute Gasteiger partial charge is 0.465 e. The average Bonchev–Trinajstić information content (AvgIpc) is 3.44. The maximum Gasteiger partial charge on any atom is 0.326 e. The van der Waals surface area contributed by atoms with Gasteiger partial charge < -0.3 is 39.8 Å². The number of aromatic nitrogens is 2. The number of H-pyrrole nitrogens is 1. The molecule has 4 N–H and O–H groups in total. The molecule has 0 bridgehead atoms. The van der Waals surface area contributed by atoms with Crippen LogP contribution in [0.5, 0.6) is 0 Å². The minimum Gasteiger partial charge on any atom is -0.465 e. The minimum atomic E-state index is -0.708. The molecule has 2 amide bonds. The van der Waals surface area contributed by atoms with Crippen molar-refractivity contribution in [2.45, 2.75) is 57.8 Å². The average molecular weight is 658 g/mol. The number of rotatable bonds is 10. The first-order valence-corrected chi connectivity index (χ1v) is 16.6. The summed E-state index contributed by atoms with van der Waals surface area (Å²) < 4.78 is 20.1. The maximum atomic E-state index is 12.8. The molecule has 4 aromatic rings. The monoisotopic (exact) mass is 657 g/mol. The Balaban J connectivity index is 1.16. The van der Waals surface area contributed by atoms with Crippen LogP contribution in [-0.4, -0.2) is 70.4 Å². The summed E-state index contributed by atoms with van der Waals surface area (Å²) in [6.45, 7) is 6.14. The molecular weight excluding hydrogens is 614 g/mol. The van der Waals surface area contributed by atoms with Gasteiger partial charge in [0.2, 0.25) is 0 Å².